The molecular weight excluding hydrogens is 566 g/mol. The van der Waals surface area contributed by atoms with E-state index in [-0.39, 0.29) is 17.6 Å². The number of hydrogen-bond acceptors (Lipinski definition) is 12. The van der Waals surface area contributed by atoms with Crippen LogP contribution in [0.1, 0.15) is 36.2 Å². The summed E-state index contributed by atoms with van der Waals surface area (Å²) in [7, 11) is 3.89. The minimum absolute atomic E-state index is 0.0505. The van der Waals surface area contributed by atoms with Crippen LogP contribution in [0.3, 0.4) is 0 Å². The van der Waals surface area contributed by atoms with E-state index in [1.807, 2.05) is 17.5 Å². The number of rotatable bonds is 9. The minimum atomic E-state index is -0.670. The molecule has 43 heavy (non-hydrogen) atoms. The predicted octanol–water partition coefficient (Wildman–Crippen LogP) is 3.26. The second-order valence-electron chi connectivity index (χ2n) is 11.5. The Morgan fingerprint density at radius 2 is 1.81 bits per heavy atom. The molecule has 4 N–H and O–H groups in total. The highest BCUT2D eigenvalue weighted by Crippen LogP contribution is 2.36. The van der Waals surface area contributed by atoms with Gasteiger partial charge in [-0.1, -0.05) is 0 Å². The number of piperidine rings is 1. The van der Waals surface area contributed by atoms with Crippen molar-refractivity contribution >= 4 is 40.3 Å². The SMILES string of the molecule is COc1cc(Nc2nc(NC3CCOCC3)c(-c3cscn3)nc2C(N)=O)ccc1N1CCC(N2CCN(C)CC2)CC1. The van der Waals surface area contributed by atoms with E-state index in [1.165, 1.54) is 11.3 Å². The minimum Gasteiger partial charge on any atom is -0.495 e. The van der Waals surface area contributed by atoms with Crippen molar-refractivity contribution in [1.82, 2.24) is 24.8 Å². The lowest BCUT2D eigenvalue weighted by Crippen LogP contribution is -2.52. The van der Waals surface area contributed by atoms with Crippen LogP contribution in [0.15, 0.2) is 29.1 Å². The highest BCUT2D eigenvalue weighted by atomic mass is 32.1. The monoisotopic (exact) mass is 607 g/mol. The van der Waals surface area contributed by atoms with Crippen molar-refractivity contribution < 1.29 is 14.3 Å². The number of primary amides is 1. The van der Waals surface area contributed by atoms with E-state index in [1.54, 1.807) is 12.6 Å². The number of nitrogens with two attached hydrogens (primary N) is 1. The second kappa shape index (κ2) is 13.4. The normalized spacial score (nSPS) is 19.3. The molecule has 0 radical (unpaired) electrons. The van der Waals surface area contributed by atoms with Gasteiger partial charge in [0.1, 0.15) is 17.1 Å². The molecule has 5 heterocycles. The van der Waals surface area contributed by atoms with Crippen molar-refractivity contribution in [3.8, 4) is 17.1 Å². The van der Waals surface area contributed by atoms with Crippen LogP contribution in [-0.2, 0) is 4.74 Å². The number of amides is 1. The molecule has 2 aromatic heterocycles. The van der Waals surface area contributed by atoms with Crippen molar-refractivity contribution in [1.29, 1.82) is 0 Å². The number of carbonyl (C=O) groups is 1. The number of hydrogen-bond donors (Lipinski definition) is 3. The number of methoxy groups -OCH3 is 1. The van der Waals surface area contributed by atoms with E-state index in [0.29, 0.717) is 36.5 Å². The summed E-state index contributed by atoms with van der Waals surface area (Å²) in [6.45, 7) is 7.92. The van der Waals surface area contributed by atoms with E-state index in [0.717, 1.165) is 82.1 Å². The molecule has 0 atom stereocenters. The molecule has 6 rings (SSSR count). The number of nitrogens with one attached hydrogen (secondary N) is 2. The lowest BCUT2D eigenvalue weighted by atomic mass is 10.0. The van der Waals surface area contributed by atoms with E-state index < -0.39 is 5.91 Å². The Kier molecular flexibility index (Phi) is 9.22. The Balaban J connectivity index is 1.22. The van der Waals surface area contributed by atoms with Crippen molar-refractivity contribution in [2.24, 2.45) is 5.73 Å². The maximum absolute atomic E-state index is 12.6. The molecule has 3 fully saturated rings. The highest BCUT2D eigenvalue weighted by molar-refractivity contribution is 7.07. The molecule has 3 aliphatic rings. The summed E-state index contributed by atoms with van der Waals surface area (Å²) in [5.74, 6) is 0.924. The fourth-order valence-corrected chi connectivity index (χ4v) is 6.69. The fourth-order valence-electron chi connectivity index (χ4n) is 6.15. The average Bonchev–Trinajstić information content (AvgIpc) is 3.57. The number of piperazine rings is 1. The van der Waals surface area contributed by atoms with E-state index >= 15 is 0 Å². The van der Waals surface area contributed by atoms with Gasteiger partial charge in [-0.2, -0.15) is 0 Å². The van der Waals surface area contributed by atoms with Crippen LogP contribution in [0.2, 0.25) is 0 Å². The van der Waals surface area contributed by atoms with Gasteiger partial charge in [0.2, 0.25) is 0 Å². The zero-order valence-corrected chi connectivity index (χ0v) is 25.7. The number of aromatic nitrogens is 3. The lowest BCUT2D eigenvalue weighted by molar-refractivity contribution is 0.0904. The smallest absolute Gasteiger partial charge is 0.271 e. The van der Waals surface area contributed by atoms with Crippen LogP contribution in [0, 0.1) is 0 Å². The third-order valence-electron chi connectivity index (χ3n) is 8.67. The molecule has 3 aromatic rings. The van der Waals surface area contributed by atoms with E-state index in [2.05, 4.69) is 48.4 Å². The first-order chi connectivity index (χ1) is 21.0. The molecule has 0 spiro atoms. The largest absolute Gasteiger partial charge is 0.495 e. The topological polar surface area (TPSA) is 134 Å². The first-order valence-corrected chi connectivity index (χ1v) is 16.0. The maximum atomic E-state index is 12.6. The average molecular weight is 608 g/mol. The van der Waals surface area contributed by atoms with Gasteiger partial charge < -0.3 is 35.6 Å². The van der Waals surface area contributed by atoms with Gasteiger partial charge in [-0.25, -0.2) is 15.0 Å². The van der Waals surface area contributed by atoms with Gasteiger partial charge in [0.25, 0.3) is 5.91 Å². The number of ether oxygens (including phenoxy) is 2. The summed E-state index contributed by atoms with van der Waals surface area (Å²) in [6.07, 6.45) is 3.98. The number of thiazole rings is 1. The summed E-state index contributed by atoms with van der Waals surface area (Å²) >= 11 is 1.45. The van der Waals surface area contributed by atoms with Gasteiger partial charge in [-0.3, -0.25) is 9.69 Å². The molecule has 12 nitrogen and oxygen atoms in total. The Hall–Kier alpha value is -3.52. The molecule has 3 saturated heterocycles. The summed E-state index contributed by atoms with van der Waals surface area (Å²) in [5, 5.41) is 8.70. The zero-order chi connectivity index (χ0) is 29.8. The molecule has 1 aromatic carbocycles. The van der Waals surface area contributed by atoms with Gasteiger partial charge in [-0.15, -0.1) is 11.3 Å². The van der Waals surface area contributed by atoms with Gasteiger partial charge >= 0.3 is 0 Å². The molecule has 1 amide bonds. The molecule has 0 aliphatic carbocycles. The Bertz CT molecular complexity index is 1380. The van der Waals surface area contributed by atoms with Crippen LogP contribution >= 0.6 is 11.3 Å². The predicted molar refractivity (Wildman–Crippen MR) is 170 cm³/mol. The van der Waals surface area contributed by atoms with Gasteiger partial charge in [-0.05, 0) is 44.9 Å². The van der Waals surface area contributed by atoms with Crippen molar-refractivity contribution in [3.05, 3.63) is 34.8 Å². The maximum Gasteiger partial charge on any atom is 0.271 e. The quantitative estimate of drug-likeness (QED) is 0.331. The van der Waals surface area contributed by atoms with Crippen LogP contribution in [0.25, 0.3) is 11.4 Å². The second-order valence-corrected chi connectivity index (χ2v) is 12.2. The van der Waals surface area contributed by atoms with Gasteiger partial charge in [0.15, 0.2) is 17.3 Å². The van der Waals surface area contributed by atoms with Gasteiger partial charge in [0.05, 0.1) is 18.3 Å². The Labute approximate surface area is 256 Å². The zero-order valence-electron chi connectivity index (χ0n) is 24.9. The van der Waals surface area contributed by atoms with Crippen molar-refractivity contribution in [2.75, 3.05) is 82.2 Å². The first kappa shape index (κ1) is 29.5. The molecule has 0 bridgehead atoms. The first-order valence-electron chi connectivity index (χ1n) is 15.1. The Morgan fingerprint density at radius 1 is 1.05 bits per heavy atom. The summed E-state index contributed by atoms with van der Waals surface area (Å²) in [4.78, 5) is 34.0. The fraction of sp³-hybridized carbons (Fsp3) is 0.533. The number of nitrogens with zero attached hydrogens (tertiary/aromatic N) is 6. The van der Waals surface area contributed by atoms with Crippen LogP contribution in [0.5, 0.6) is 5.75 Å². The van der Waals surface area contributed by atoms with Crippen molar-refractivity contribution in [2.45, 2.75) is 37.8 Å². The van der Waals surface area contributed by atoms with Crippen molar-refractivity contribution in [3.63, 3.8) is 0 Å². The molecule has 230 valence electrons. The summed E-state index contributed by atoms with van der Waals surface area (Å²) < 4.78 is 11.4. The third kappa shape index (κ3) is 6.85. The standard InChI is InChI=1S/C30H41N9O3S/c1-37-11-13-38(14-12-37)22-5-9-39(10-6-22)24-4-3-21(17-25(24)41-2)34-30-27(28(31)40)35-26(23-18-43-19-32-23)29(36-30)33-20-7-15-42-16-8-20/h3-4,17-20,22H,5-16H2,1-2H3,(H2,31,40)(H2,33,34,36). The van der Waals surface area contributed by atoms with E-state index in [4.69, 9.17) is 20.2 Å². The molecule has 3 aliphatic heterocycles. The molecule has 0 saturated carbocycles. The van der Waals surface area contributed by atoms with E-state index in [9.17, 15) is 4.79 Å². The lowest BCUT2D eigenvalue weighted by Gasteiger charge is -2.42. The third-order valence-corrected chi connectivity index (χ3v) is 9.25. The Morgan fingerprint density at radius 3 is 2.49 bits per heavy atom. The number of anilines is 4. The number of benzene rings is 1. The number of likely N-dealkylation sites (N-methyl/N-ethyl adjacent to an activating group) is 1. The van der Waals surface area contributed by atoms with Crippen LogP contribution < -0.4 is 26.0 Å². The summed E-state index contributed by atoms with van der Waals surface area (Å²) in [6, 6.07) is 6.80. The molecular formula is C30H41N9O3S. The van der Waals surface area contributed by atoms with Gasteiger partial charge in [0, 0.05) is 81.7 Å². The molecule has 13 heteroatoms. The summed E-state index contributed by atoms with van der Waals surface area (Å²) in [5.41, 5.74) is 10.5. The van der Waals surface area contributed by atoms with Crippen LogP contribution in [-0.4, -0.2) is 109 Å². The molecule has 0 unspecified atom stereocenters. The number of carbonyl (C=O) groups excluding carboxylic acids is 1. The highest BCUT2D eigenvalue weighted by Gasteiger charge is 2.28. The van der Waals surface area contributed by atoms with Crippen LogP contribution in [0.4, 0.5) is 23.0 Å².